The summed E-state index contributed by atoms with van der Waals surface area (Å²) in [5.74, 6) is 0.191. The molecule has 1 aromatic rings. The number of Topliss-reactive ketones (excluding diaryl/α,β-unsaturated/α-hetero) is 1. The third kappa shape index (κ3) is 1.15. The van der Waals surface area contributed by atoms with Crippen molar-refractivity contribution in [2.24, 2.45) is 0 Å². The van der Waals surface area contributed by atoms with Crippen LogP contribution in [0.2, 0.25) is 0 Å². The summed E-state index contributed by atoms with van der Waals surface area (Å²) in [6.45, 7) is 1.61. The summed E-state index contributed by atoms with van der Waals surface area (Å²) in [7, 11) is 0. The molecule has 1 aromatic heterocycles. The maximum atomic E-state index is 10.9. The van der Waals surface area contributed by atoms with E-state index in [4.69, 9.17) is 0 Å². The van der Waals surface area contributed by atoms with Gasteiger partial charge >= 0.3 is 0 Å². The van der Waals surface area contributed by atoms with Gasteiger partial charge in [0.2, 0.25) is 0 Å². The molecule has 1 aliphatic rings. The fourth-order valence-electron chi connectivity index (χ4n) is 1.77. The predicted molar refractivity (Wildman–Crippen MR) is 45.0 cm³/mol. The topological polar surface area (TPSA) is 45.8 Å². The molecule has 0 aromatic carbocycles. The molecule has 0 aliphatic heterocycles. The molecular formula is C9H12N2O. The molecule has 0 radical (unpaired) electrons. The van der Waals surface area contributed by atoms with Crippen molar-refractivity contribution >= 4 is 5.78 Å². The van der Waals surface area contributed by atoms with E-state index in [1.54, 1.807) is 6.92 Å². The van der Waals surface area contributed by atoms with Crippen molar-refractivity contribution in [2.75, 3.05) is 0 Å². The maximum Gasteiger partial charge on any atom is 0.135 e. The smallest absolute Gasteiger partial charge is 0.135 e. The molecule has 0 atom stereocenters. The van der Waals surface area contributed by atoms with Crippen molar-refractivity contribution in [1.29, 1.82) is 0 Å². The largest absolute Gasteiger partial charge is 0.300 e. The molecule has 1 N–H and O–H groups in total. The first-order chi connectivity index (χ1) is 5.77. The van der Waals surface area contributed by atoms with Gasteiger partial charge in [-0.25, -0.2) is 0 Å². The van der Waals surface area contributed by atoms with Crippen LogP contribution in [0, 0.1) is 0 Å². The van der Waals surface area contributed by atoms with Crippen LogP contribution in [0.3, 0.4) is 0 Å². The Bertz CT molecular complexity index is 314. The minimum Gasteiger partial charge on any atom is -0.300 e. The van der Waals surface area contributed by atoms with Gasteiger partial charge in [0.1, 0.15) is 5.78 Å². The van der Waals surface area contributed by atoms with Crippen LogP contribution in [0.1, 0.15) is 30.3 Å². The van der Waals surface area contributed by atoms with Gasteiger partial charge in [-0.05, 0) is 31.7 Å². The van der Waals surface area contributed by atoms with Crippen molar-refractivity contribution in [3.63, 3.8) is 0 Å². The minimum absolute atomic E-state index is 0.191. The van der Waals surface area contributed by atoms with Crippen LogP contribution in [0.5, 0.6) is 0 Å². The number of aromatic amines is 1. The van der Waals surface area contributed by atoms with Crippen molar-refractivity contribution in [1.82, 2.24) is 10.2 Å². The van der Waals surface area contributed by atoms with Gasteiger partial charge < -0.3 is 0 Å². The second-order valence-corrected chi connectivity index (χ2v) is 3.36. The van der Waals surface area contributed by atoms with E-state index < -0.39 is 0 Å². The summed E-state index contributed by atoms with van der Waals surface area (Å²) < 4.78 is 0. The lowest BCUT2D eigenvalue weighted by molar-refractivity contribution is -0.116. The molecule has 3 nitrogen and oxygen atoms in total. The number of ketones is 1. The Labute approximate surface area is 71.2 Å². The highest BCUT2D eigenvalue weighted by Gasteiger charge is 2.18. The van der Waals surface area contributed by atoms with Gasteiger partial charge in [0, 0.05) is 5.69 Å². The van der Waals surface area contributed by atoms with E-state index in [0.29, 0.717) is 6.42 Å². The number of fused-ring (bicyclic) bond motifs is 1. The Balaban J connectivity index is 2.27. The second kappa shape index (κ2) is 2.73. The number of carbonyl (C=O) groups is 1. The molecule has 3 heteroatoms. The lowest BCUT2D eigenvalue weighted by Crippen LogP contribution is -1.99. The molecule has 0 bridgehead atoms. The number of hydrogen-bond acceptors (Lipinski definition) is 2. The zero-order valence-corrected chi connectivity index (χ0v) is 7.18. The Morgan fingerprint density at radius 2 is 2.42 bits per heavy atom. The van der Waals surface area contributed by atoms with Crippen LogP contribution < -0.4 is 0 Å². The number of hydrogen-bond donors (Lipinski definition) is 1. The standard InChI is InChI=1S/C9H12N2O/c1-6(12)5-9-7-3-2-4-8(7)10-11-9/h2-5H2,1H3,(H,10,11). The highest BCUT2D eigenvalue weighted by Crippen LogP contribution is 2.22. The summed E-state index contributed by atoms with van der Waals surface area (Å²) >= 11 is 0. The first-order valence-electron chi connectivity index (χ1n) is 4.32. The summed E-state index contributed by atoms with van der Waals surface area (Å²) in [5, 5.41) is 7.12. The zero-order valence-electron chi connectivity index (χ0n) is 7.18. The van der Waals surface area contributed by atoms with E-state index in [-0.39, 0.29) is 5.78 Å². The number of rotatable bonds is 2. The average Bonchev–Trinajstić information content (AvgIpc) is 2.52. The van der Waals surface area contributed by atoms with E-state index in [9.17, 15) is 4.79 Å². The molecule has 1 aliphatic carbocycles. The lowest BCUT2D eigenvalue weighted by atomic mass is 10.1. The van der Waals surface area contributed by atoms with E-state index in [1.807, 2.05) is 0 Å². The Morgan fingerprint density at radius 1 is 1.58 bits per heavy atom. The summed E-state index contributed by atoms with van der Waals surface area (Å²) in [4.78, 5) is 10.9. The number of nitrogens with one attached hydrogen (secondary N) is 1. The van der Waals surface area contributed by atoms with Gasteiger partial charge in [-0.2, -0.15) is 5.10 Å². The number of H-pyrrole nitrogens is 1. The van der Waals surface area contributed by atoms with Gasteiger partial charge in [0.15, 0.2) is 0 Å². The van der Waals surface area contributed by atoms with E-state index in [2.05, 4.69) is 10.2 Å². The van der Waals surface area contributed by atoms with Crippen LogP contribution in [0.15, 0.2) is 0 Å². The first-order valence-corrected chi connectivity index (χ1v) is 4.32. The van der Waals surface area contributed by atoms with Gasteiger partial charge in [-0.15, -0.1) is 0 Å². The van der Waals surface area contributed by atoms with Crippen molar-refractivity contribution in [3.8, 4) is 0 Å². The summed E-state index contributed by atoms with van der Waals surface area (Å²) in [6.07, 6.45) is 3.88. The van der Waals surface area contributed by atoms with E-state index in [0.717, 1.165) is 18.5 Å². The molecule has 0 saturated carbocycles. The molecule has 1 heterocycles. The normalized spacial score (nSPS) is 14.8. The molecule has 0 spiro atoms. The lowest BCUT2D eigenvalue weighted by Gasteiger charge is -1.93. The van der Waals surface area contributed by atoms with Crippen molar-refractivity contribution in [3.05, 3.63) is 17.0 Å². The molecule has 0 fully saturated rings. The minimum atomic E-state index is 0.191. The Hall–Kier alpha value is -1.12. The highest BCUT2D eigenvalue weighted by molar-refractivity contribution is 5.78. The zero-order chi connectivity index (χ0) is 8.55. The summed E-state index contributed by atoms with van der Waals surface area (Å²) in [5.41, 5.74) is 3.51. The fourth-order valence-corrected chi connectivity index (χ4v) is 1.77. The monoisotopic (exact) mass is 164 g/mol. The third-order valence-electron chi connectivity index (χ3n) is 2.31. The van der Waals surface area contributed by atoms with Gasteiger partial charge in [-0.1, -0.05) is 0 Å². The van der Waals surface area contributed by atoms with Crippen LogP contribution in [-0.4, -0.2) is 16.0 Å². The molecular weight excluding hydrogens is 152 g/mol. The highest BCUT2D eigenvalue weighted by atomic mass is 16.1. The molecule has 0 amide bonds. The fraction of sp³-hybridized carbons (Fsp3) is 0.556. The van der Waals surface area contributed by atoms with Crippen LogP contribution >= 0.6 is 0 Å². The Morgan fingerprint density at radius 3 is 3.17 bits per heavy atom. The van der Waals surface area contributed by atoms with Gasteiger partial charge in [-0.3, -0.25) is 9.89 Å². The Kier molecular flexibility index (Phi) is 1.71. The number of aryl methyl sites for hydroxylation is 1. The van der Waals surface area contributed by atoms with Crippen molar-refractivity contribution < 1.29 is 4.79 Å². The first kappa shape index (κ1) is 7.53. The molecule has 2 rings (SSSR count). The average molecular weight is 164 g/mol. The summed E-state index contributed by atoms with van der Waals surface area (Å²) in [6, 6.07) is 0. The second-order valence-electron chi connectivity index (χ2n) is 3.36. The van der Waals surface area contributed by atoms with Crippen molar-refractivity contribution in [2.45, 2.75) is 32.6 Å². The molecule has 64 valence electrons. The van der Waals surface area contributed by atoms with Gasteiger partial charge in [0.25, 0.3) is 0 Å². The van der Waals surface area contributed by atoms with Crippen LogP contribution in [0.4, 0.5) is 0 Å². The number of carbonyl (C=O) groups excluding carboxylic acids is 1. The van der Waals surface area contributed by atoms with Gasteiger partial charge in [0.05, 0.1) is 12.1 Å². The number of nitrogens with zero attached hydrogens (tertiary/aromatic N) is 1. The van der Waals surface area contributed by atoms with E-state index >= 15 is 0 Å². The third-order valence-corrected chi connectivity index (χ3v) is 2.31. The maximum absolute atomic E-state index is 10.9. The quantitative estimate of drug-likeness (QED) is 0.709. The molecule has 12 heavy (non-hydrogen) atoms. The molecule has 0 unspecified atom stereocenters. The van der Waals surface area contributed by atoms with Crippen LogP contribution in [0.25, 0.3) is 0 Å². The molecule has 0 saturated heterocycles. The SMILES string of the molecule is CC(=O)Cc1n[nH]c2c1CCC2. The van der Waals surface area contributed by atoms with E-state index in [1.165, 1.54) is 17.7 Å². The predicted octanol–water partition coefficient (Wildman–Crippen LogP) is 1.03. The van der Waals surface area contributed by atoms with Crippen LogP contribution in [-0.2, 0) is 24.1 Å². The number of aromatic nitrogens is 2.